The number of rotatable bonds is 7. The monoisotopic (exact) mass is 329 g/mol. The van der Waals surface area contributed by atoms with Gasteiger partial charge in [-0.15, -0.1) is 0 Å². The Bertz CT molecular complexity index is 587. The summed E-state index contributed by atoms with van der Waals surface area (Å²) in [5, 5.41) is 8.30. The van der Waals surface area contributed by atoms with Crippen LogP contribution in [0.5, 0.6) is 0 Å². The van der Waals surface area contributed by atoms with Gasteiger partial charge in [-0.2, -0.15) is 9.65 Å². The average Bonchev–Trinajstić information content (AvgIpc) is 2.61. The fraction of sp³-hybridized carbons (Fsp3) is 0.476. The number of benzene rings is 1. The molecule has 0 unspecified atom stereocenters. The molecule has 0 spiro atoms. The molecular weight excluding hydrogens is 304 g/mol. The van der Waals surface area contributed by atoms with E-state index in [1.165, 1.54) is 61.9 Å². The van der Waals surface area contributed by atoms with Gasteiger partial charge in [-0.1, -0.05) is 50.0 Å². The van der Waals surface area contributed by atoms with Gasteiger partial charge in [0.1, 0.15) is 11.9 Å². The lowest BCUT2D eigenvalue weighted by molar-refractivity contribution is 0.254. The lowest BCUT2D eigenvalue weighted by atomic mass is 9.78. The predicted molar refractivity (Wildman–Crippen MR) is 93.3 cm³/mol. The Labute approximate surface area is 143 Å². The van der Waals surface area contributed by atoms with Crippen molar-refractivity contribution in [3.8, 4) is 6.07 Å². The van der Waals surface area contributed by atoms with Crippen molar-refractivity contribution in [1.82, 2.24) is 0 Å². The minimum Gasteiger partial charge on any atom is -0.207 e. The van der Waals surface area contributed by atoms with E-state index < -0.39 is 5.83 Å². The molecule has 3 heteroatoms. The van der Waals surface area contributed by atoms with Crippen LogP contribution in [0.1, 0.15) is 50.5 Å². The molecule has 1 nitrogen and oxygen atoms in total. The summed E-state index contributed by atoms with van der Waals surface area (Å²) >= 11 is 0. The maximum absolute atomic E-state index is 12.9. The maximum atomic E-state index is 12.9. The van der Waals surface area contributed by atoms with E-state index in [-0.39, 0.29) is 5.82 Å². The fourth-order valence-corrected chi connectivity index (χ4v) is 3.45. The Morgan fingerprint density at radius 1 is 1.08 bits per heavy atom. The molecule has 1 aromatic rings. The molecule has 0 aromatic heterocycles. The SMILES string of the molecule is N#C/C(F)=C/C=C/CCC1CCC(CCc2ccc(F)cc2)CC1. The Hall–Kier alpha value is -1.95. The third-order valence-corrected chi connectivity index (χ3v) is 4.95. The summed E-state index contributed by atoms with van der Waals surface area (Å²) in [7, 11) is 0. The standard InChI is InChI=1S/C21H25F2N/c22-20-14-12-19(13-15-20)11-10-18-8-6-17(7-9-18)4-2-1-3-5-21(23)16-24/h1,3,5,12-15,17-18H,2,4,6-11H2/b3-1+,21-5-. The van der Waals surface area contributed by atoms with Crippen LogP contribution in [0.4, 0.5) is 8.78 Å². The van der Waals surface area contributed by atoms with Gasteiger partial charge in [-0.25, -0.2) is 4.39 Å². The van der Waals surface area contributed by atoms with E-state index in [0.29, 0.717) is 0 Å². The summed E-state index contributed by atoms with van der Waals surface area (Å²) in [5.41, 5.74) is 1.22. The number of hydrogen-bond donors (Lipinski definition) is 0. The van der Waals surface area contributed by atoms with E-state index in [4.69, 9.17) is 5.26 Å². The number of aryl methyl sites for hydroxylation is 1. The minimum atomic E-state index is -0.743. The first kappa shape index (κ1) is 18.4. The van der Waals surface area contributed by atoms with Crippen LogP contribution in [0.25, 0.3) is 0 Å². The third-order valence-electron chi connectivity index (χ3n) is 4.95. The van der Waals surface area contributed by atoms with E-state index in [9.17, 15) is 8.78 Å². The van der Waals surface area contributed by atoms with Crippen molar-refractivity contribution >= 4 is 0 Å². The fourth-order valence-electron chi connectivity index (χ4n) is 3.45. The highest BCUT2D eigenvalue weighted by Crippen LogP contribution is 2.34. The summed E-state index contributed by atoms with van der Waals surface area (Å²) in [5.74, 6) is 0.642. The molecule has 0 saturated heterocycles. The number of nitriles is 1. The van der Waals surface area contributed by atoms with E-state index in [2.05, 4.69) is 0 Å². The molecule has 1 fully saturated rings. The summed E-state index contributed by atoms with van der Waals surface area (Å²) in [6.45, 7) is 0. The second kappa shape index (κ2) is 10.0. The van der Waals surface area contributed by atoms with Crippen molar-refractivity contribution in [3.63, 3.8) is 0 Å². The highest BCUT2D eigenvalue weighted by atomic mass is 19.1. The van der Waals surface area contributed by atoms with Gasteiger partial charge < -0.3 is 0 Å². The summed E-state index contributed by atoms with van der Waals surface area (Å²) < 4.78 is 25.5. The van der Waals surface area contributed by atoms with Crippen LogP contribution in [-0.2, 0) is 6.42 Å². The van der Waals surface area contributed by atoms with Crippen LogP contribution < -0.4 is 0 Å². The highest BCUT2D eigenvalue weighted by Gasteiger charge is 2.20. The van der Waals surface area contributed by atoms with Crippen molar-refractivity contribution in [2.24, 2.45) is 11.8 Å². The van der Waals surface area contributed by atoms with Gasteiger partial charge >= 0.3 is 0 Å². The van der Waals surface area contributed by atoms with Gasteiger partial charge in [0, 0.05) is 0 Å². The second-order valence-electron chi connectivity index (χ2n) is 6.68. The van der Waals surface area contributed by atoms with Crippen LogP contribution in [0, 0.1) is 29.0 Å². The highest BCUT2D eigenvalue weighted by molar-refractivity contribution is 5.18. The first-order valence-electron chi connectivity index (χ1n) is 8.84. The Kier molecular flexibility index (Phi) is 7.68. The molecular formula is C21H25F2N. The minimum absolute atomic E-state index is 0.167. The number of hydrogen-bond acceptors (Lipinski definition) is 1. The summed E-state index contributed by atoms with van der Waals surface area (Å²) in [6.07, 6.45) is 14.2. The van der Waals surface area contributed by atoms with Gasteiger partial charge in [0.15, 0.2) is 5.83 Å². The second-order valence-corrected chi connectivity index (χ2v) is 6.68. The van der Waals surface area contributed by atoms with Crippen LogP contribution in [0.2, 0.25) is 0 Å². The van der Waals surface area contributed by atoms with Crippen molar-refractivity contribution in [2.45, 2.75) is 51.4 Å². The Morgan fingerprint density at radius 2 is 1.71 bits per heavy atom. The topological polar surface area (TPSA) is 23.8 Å². The van der Waals surface area contributed by atoms with E-state index >= 15 is 0 Å². The quantitative estimate of drug-likeness (QED) is 0.427. The van der Waals surface area contributed by atoms with Gasteiger partial charge in [-0.05, 0) is 61.3 Å². The molecule has 0 radical (unpaired) electrons. The van der Waals surface area contributed by atoms with E-state index in [1.54, 1.807) is 6.08 Å². The molecule has 0 atom stereocenters. The summed E-state index contributed by atoms with van der Waals surface area (Å²) in [6, 6.07) is 8.31. The molecule has 1 aliphatic carbocycles. The molecule has 128 valence electrons. The summed E-state index contributed by atoms with van der Waals surface area (Å²) in [4.78, 5) is 0. The average molecular weight is 329 g/mol. The Balaban J connectivity index is 1.61. The number of allylic oxidation sites excluding steroid dienone is 4. The molecule has 1 aromatic carbocycles. The molecule has 0 heterocycles. The molecule has 0 aliphatic heterocycles. The molecule has 1 aliphatic rings. The van der Waals surface area contributed by atoms with E-state index in [0.717, 1.165) is 31.1 Å². The molecule has 1 saturated carbocycles. The first-order chi connectivity index (χ1) is 11.7. The maximum Gasteiger partial charge on any atom is 0.199 e. The van der Waals surface area contributed by atoms with Crippen LogP contribution in [0.15, 0.2) is 48.3 Å². The molecule has 0 N–H and O–H groups in total. The van der Waals surface area contributed by atoms with Crippen molar-refractivity contribution in [3.05, 3.63) is 59.7 Å². The predicted octanol–water partition coefficient (Wildman–Crippen LogP) is 6.28. The van der Waals surface area contributed by atoms with Crippen LogP contribution in [-0.4, -0.2) is 0 Å². The molecule has 2 rings (SSSR count). The molecule has 0 bridgehead atoms. The number of nitrogens with zero attached hydrogens (tertiary/aromatic N) is 1. The smallest absolute Gasteiger partial charge is 0.199 e. The number of halogens is 2. The van der Waals surface area contributed by atoms with E-state index in [1.807, 2.05) is 18.2 Å². The van der Waals surface area contributed by atoms with Crippen molar-refractivity contribution < 1.29 is 8.78 Å². The zero-order valence-electron chi connectivity index (χ0n) is 14.1. The van der Waals surface area contributed by atoms with Crippen LogP contribution in [0.3, 0.4) is 0 Å². The lowest BCUT2D eigenvalue weighted by Crippen LogP contribution is -2.15. The van der Waals surface area contributed by atoms with Gasteiger partial charge in [0.05, 0.1) is 0 Å². The molecule has 0 amide bonds. The first-order valence-corrected chi connectivity index (χ1v) is 8.84. The normalized spacial score (nSPS) is 21.8. The largest absolute Gasteiger partial charge is 0.207 e. The van der Waals surface area contributed by atoms with Crippen LogP contribution >= 0.6 is 0 Å². The lowest BCUT2D eigenvalue weighted by Gasteiger charge is -2.28. The van der Waals surface area contributed by atoms with Gasteiger partial charge in [0.25, 0.3) is 0 Å². The zero-order valence-corrected chi connectivity index (χ0v) is 14.1. The van der Waals surface area contributed by atoms with Crippen molar-refractivity contribution in [1.29, 1.82) is 5.26 Å². The third kappa shape index (κ3) is 6.66. The van der Waals surface area contributed by atoms with Gasteiger partial charge in [0.2, 0.25) is 0 Å². The zero-order chi connectivity index (χ0) is 17.2. The van der Waals surface area contributed by atoms with Crippen molar-refractivity contribution in [2.75, 3.05) is 0 Å². The van der Waals surface area contributed by atoms with Gasteiger partial charge in [-0.3, -0.25) is 0 Å². The molecule has 24 heavy (non-hydrogen) atoms. The Morgan fingerprint density at radius 3 is 2.33 bits per heavy atom.